The van der Waals surface area contributed by atoms with Crippen LogP contribution in [-0.2, 0) is 6.54 Å². The summed E-state index contributed by atoms with van der Waals surface area (Å²) in [6.07, 6.45) is 6.58. The van der Waals surface area contributed by atoms with E-state index in [1.54, 1.807) is 11.1 Å². The van der Waals surface area contributed by atoms with E-state index in [-0.39, 0.29) is 0 Å². The molecule has 31 heavy (non-hydrogen) atoms. The summed E-state index contributed by atoms with van der Waals surface area (Å²) >= 11 is 0. The number of likely N-dealkylation sites (N-methyl/N-ethyl adjacent to an activating group) is 1. The number of nitrogens with zero attached hydrogens (tertiary/aromatic N) is 2. The largest absolute Gasteiger partial charge is 0.492 e. The number of hydrogen-bond acceptors (Lipinski definition) is 3. The third kappa shape index (κ3) is 8.61. The van der Waals surface area contributed by atoms with E-state index >= 15 is 0 Å². The molecule has 1 aromatic rings. The van der Waals surface area contributed by atoms with Crippen molar-refractivity contribution in [2.24, 2.45) is 11.3 Å². The van der Waals surface area contributed by atoms with Crippen molar-refractivity contribution in [1.29, 1.82) is 0 Å². The van der Waals surface area contributed by atoms with Gasteiger partial charge in [-0.15, -0.1) is 0 Å². The maximum absolute atomic E-state index is 5.92. The topological polar surface area (TPSA) is 15.7 Å². The maximum Gasteiger partial charge on any atom is 0.119 e. The average Bonchev–Trinajstić information content (AvgIpc) is 2.71. The summed E-state index contributed by atoms with van der Waals surface area (Å²) in [5, 5.41) is 0. The Morgan fingerprint density at radius 2 is 1.77 bits per heavy atom. The molecule has 0 fully saturated rings. The Morgan fingerprint density at radius 3 is 2.39 bits per heavy atom. The Hall–Kier alpha value is -1.32. The monoisotopic (exact) mass is 428 g/mol. The van der Waals surface area contributed by atoms with Crippen LogP contribution < -0.4 is 4.74 Å². The van der Waals surface area contributed by atoms with Crippen molar-refractivity contribution in [2.75, 3.05) is 39.8 Å². The molecule has 1 aliphatic carbocycles. The van der Waals surface area contributed by atoms with Gasteiger partial charge in [0.15, 0.2) is 0 Å². The van der Waals surface area contributed by atoms with Gasteiger partial charge in [-0.05, 0) is 88.2 Å². The van der Waals surface area contributed by atoms with Gasteiger partial charge in [-0.2, -0.15) is 0 Å². The zero-order chi connectivity index (χ0) is 22.9. The van der Waals surface area contributed by atoms with Crippen LogP contribution in [-0.4, -0.2) is 49.6 Å². The molecule has 0 heterocycles. The van der Waals surface area contributed by atoms with Crippen molar-refractivity contribution >= 4 is 0 Å². The number of allylic oxidation sites excluding steroid dienone is 2. The highest BCUT2D eigenvalue weighted by Crippen LogP contribution is 2.42. The lowest BCUT2D eigenvalue weighted by molar-refractivity contribution is 0.222. The van der Waals surface area contributed by atoms with Gasteiger partial charge in [-0.3, -0.25) is 0 Å². The Labute approximate surface area is 192 Å². The summed E-state index contributed by atoms with van der Waals surface area (Å²) < 4.78 is 5.92. The van der Waals surface area contributed by atoms with E-state index in [9.17, 15) is 0 Å². The lowest BCUT2D eigenvalue weighted by Crippen LogP contribution is -2.27. The van der Waals surface area contributed by atoms with Crippen molar-refractivity contribution in [3.63, 3.8) is 0 Å². The van der Waals surface area contributed by atoms with Crippen LogP contribution in [0.15, 0.2) is 35.4 Å². The van der Waals surface area contributed by atoms with Crippen LogP contribution >= 0.6 is 0 Å². The van der Waals surface area contributed by atoms with Crippen molar-refractivity contribution < 1.29 is 4.74 Å². The smallest absolute Gasteiger partial charge is 0.119 e. The van der Waals surface area contributed by atoms with Crippen LogP contribution in [0.3, 0.4) is 0 Å². The van der Waals surface area contributed by atoms with Crippen LogP contribution in [0.2, 0.25) is 0 Å². The van der Waals surface area contributed by atoms with E-state index in [0.29, 0.717) is 11.3 Å². The van der Waals surface area contributed by atoms with Crippen molar-refractivity contribution in [3.8, 4) is 5.75 Å². The third-order valence-corrected chi connectivity index (χ3v) is 7.14. The summed E-state index contributed by atoms with van der Waals surface area (Å²) in [7, 11) is 2.25. The van der Waals surface area contributed by atoms with Crippen molar-refractivity contribution in [1.82, 2.24) is 9.80 Å². The van der Waals surface area contributed by atoms with Crippen LogP contribution in [0.4, 0.5) is 0 Å². The summed E-state index contributed by atoms with van der Waals surface area (Å²) in [6.45, 7) is 20.1. The van der Waals surface area contributed by atoms with Crippen LogP contribution in [0.25, 0.3) is 0 Å². The van der Waals surface area contributed by atoms with Gasteiger partial charge in [0.05, 0.1) is 0 Å². The predicted molar refractivity (Wildman–Crippen MR) is 135 cm³/mol. The molecule has 0 radical (unpaired) electrons. The number of rotatable bonds is 13. The van der Waals surface area contributed by atoms with E-state index < -0.39 is 0 Å². The molecule has 3 heteroatoms. The second-order valence-electron chi connectivity index (χ2n) is 10.4. The molecular weight excluding hydrogens is 380 g/mol. The van der Waals surface area contributed by atoms with E-state index in [1.807, 2.05) is 0 Å². The van der Waals surface area contributed by atoms with Gasteiger partial charge in [0.25, 0.3) is 0 Å². The molecule has 0 bridgehead atoms. The molecule has 1 aromatic carbocycles. The molecular formula is C28H48N2O. The molecule has 0 spiro atoms. The molecule has 3 nitrogen and oxygen atoms in total. The molecule has 2 rings (SSSR count). The normalized spacial score (nSPS) is 17.5. The number of benzene rings is 1. The molecule has 1 atom stereocenters. The predicted octanol–water partition coefficient (Wildman–Crippen LogP) is 6.78. The SMILES string of the molecule is CCN(CC)CCOc1ccc(CN(C)CC(C)CCC2=C(C)CCCC2(C)C)cc1. The van der Waals surface area contributed by atoms with Gasteiger partial charge in [0.1, 0.15) is 12.4 Å². The van der Waals surface area contributed by atoms with E-state index in [2.05, 4.69) is 82.7 Å². The second-order valence-corrected chi connectivity index (χ2v) is 10.4. The first kappa shape index (κ1) is 25.9. The minimum Gasteiger partial charge on any atom is -0.492 e. The highest BCUT2D eigenvalue weighted by atomic mass is 16.5. The standard InChI is InChI=1S/C28H48N2O/c1-8-30(9-2)19-20-31-26-15-13-25(14-16-26)22-29(7)21-23(3)12-17-27-24(4)11-10-18-28(27,5)6/h13-16,23H,8-12,17-22H2,1-7H3. The van der Waals surface area contributed by atoms with E-state index in [4.69, 9.17) is 4.74 Å². The Morgan fingerprint density at radius 1 is 1.10 bits per heavy atom. The fourth-order valence-electron chi connectivity index (χ4n) is 5.14. The van der Waals surface area contributed by atoms with Gasteiger partial charge in [0, 0.05) is 19.6 Å². The van der Waals surface area contributed by atoms with Gasteiger partial charge in [0.2, 0.25) is 0 Å². The third-order valence-electron chi connectivity index (χ3n) is 7.14. The Balaban J connectivity index is 1.74. The van der Waals surface area contributed by atoms with Gasteiger partial charge < -0.3 is 14.5 Å². The Kier molecular flexibility index (Phi) is 10.6. The molecule has 0 aliphatic heterocycles. The van der Waals surface area contributed by atoms with Gasteiger partial charge in [-0.1, -0.05) is 57.9 Å². The summed E-state index contributed by atoms with van der Waals surface area (Å²) in [6, 6.07) is 8.67. The number of ether oxygens (including phenoxy) is 1. The van der Waals surface area contributed by atoms with Crippen LogP contribution in [0.5, 0.6) is 5.75 Å². The molecule has 0 N–H and O–H groups in total. The molecule has 1 unspecified atom stereocenters. The van der Waals surface area contributed by atoms with Gasteiger partial charge >= 0.3 is 0 Å². The molecule has 0 aromatic heterocycles. The highest BCUT2D eigenvalue weighted by molar-refractivity contribution is 5.27. The van der Waals surface area contributed by atoms with E-state index in [1.165, 1.54) is 37.7 Å². The lowest BCUT2D eigenvalue weighted by Gasteiger charge is -2.35. The van der Waals surface area contributed by atoms with E-state index in [0.717, 1.165) is 45.1 Å². The summed E-state index contributed by atoms with van der Waals surface area (Å²) in [5.41, 5.74) is 5.17. The first-order valence-corrected chi connectivity index (χ1v) is 12.6. The fourth-order valence-corrected chi connectivity index (χ4v) is 5.14. The second kappa shape index (κ2) is 12.6. The first-order chi connectivity index (χ1) is 14.7. The van der Waals surface area contributed by atoms with Crippen LogP contribution in [0, 0.1) is 11.3 Å². The zero-order valence-corrected chi connectivity index (χ0v) is 21.5. The molecule has 0 saturated heterocycles. The fraction of sp³-hybridized carbons (Fsp3) is 0.714. The van der Waals surface area contributed by atoms with Crippen LogP contribution in [0.1, 0.15) is 79.2 Å². The maximum atomic E-state index is 5.92. The quantitative estimate of drug-likeness (QED) is 0.322. The zero-order valence-electron chi connectivity index (χ0n) is 21.5. The number of hydrogen-bond donors (Lipinski definition) is 0. The first-order valence-electron chi connectivity index (χ1n) is 12.6. The minimum atomic E-state index is 0.406. The average molecular weight is 429 g/mol. The molecule has 1 aliphatic rings. The molecule has 0 amide bonds. The van der Waals surface area contributed by atoms with Crippen molar-refractivity contribution in [3.05, 3.63) is 41.0 Å². The lowest BCUT2D eigenvalue weighted by atomic mass is 9.71. The summed E-state index contributed by atoms with van der Waals surface area (Å²) in [4.78, 5) is 4.85. The minimum absolute atomic E-state index is 0.406. The summed E-state index contributed by atoms with van der Waals surface area (Å²) in [5.74, 6) is 1.69. The Bertz CT molecular complexity index is 673. The highest BCUT2D eigenvalue weighted by Gasteiger charge is 2.28. The van der Waals surface area contributed by atoms with Crippen molar-refractivity contribution in [2.45, 2.75) is 80.2 Å². The molecule has 176 valence electrons. The van der Waals surface area contributed by atoms with Gasteiger partial charge in [-0.25, -0.2) is 0 Å². The molecule has 0 saturated carbocycles.